The SMILES string of the molecule is COCCOCCCNC1C2(C)CCC(C2)C1(C)C. The van der Waals surface area contributed by atoms with Crippen LogP contribution in [-0.4, -0.2) is 39.5 Å². The molecule has 3 nitrogen and oxygen atoms in total. The fraction of sp³-hybridized carbons (Fsp3) is 1.00. The molecular weight excluding hydrogens is 238 g/mol. The molecule has 2 aliphatic rings. The lowest BCUT2D eigenvalue weighted by Gasteiger charge is -2.43. The van der Waals surface area contributed by atoms with Gasteiger partial charge in [0.1, 0.15) is 0 Å². The highest BCUT2D eigenvalue weighted by molar-refractivity contribution is 5.11. The number of hydrogen-bond donors (Lipinski definition) is 1. The summed E-state index contributed by atoms with van der Waals surface area (Å²) in [6, 6.07) is 0.678. The fourth-order valence-corrected chi connectivity index (χ4v) is 4.48. The van der Waals surface area contributed by atoms with Gasteiger partial charge in [-0.05, 0) is 49.0 Å². The first-order valence-electron chi connectivity index (χ1n) is 7.81. The van der Waals surface area contributed by atoms with E-state index in [9.17, 15) is 0 Å². The zero-order valence-corrected chi connectivity index (χ0v) is 13.1. The monoisotopic (exact) mass is 269 g/mol. The first-order chi connectivity index (χ1) is 9.00. The van der Waals surface area contributed by atoms with Crippen molar-refractivity contribution in [1.82, 2.24) is 5.32 Å². The van der Waals surface area contributed by atoms with Crippen molar-refractivity contribution in [2.24, 2.45) is 16.7 Å². The van der Waals surface area contributed by atoms with Crippen molar-refractivity contribution < 1.29 is 9.47 Å². The summed E-state index contributed by atoms with van der Waals surface area (Å²) < 4.78 is 10.5. The van der Waals surface area contributed by atoms with Gasteiger partial charge in [0, 0.05) is 19.8 Å². The quantitative estimate of drug-likeness (QED) is 0.687. The van der Waals surface area contributed by atoms with E-state index in [4.69, 9.17) is 9.47 Å². The Hall–Kier alpha value is -0.120. The summed E-state index contributed by atoms with van der Waals surface area (Å²) in [5, 5.41) is 3.82. The standard InChI is InChI=1S/C16H31NO2/c1-15(2)13-6-7-16(3,12-13)14(15)17-8-5-9-19-11-10-18-4/h13-14,17H,5-12H2,1-4H3. The average molecular weight is 269 g/mol. The smallest absolute Gasteiger partial charge is 0.0700 e. The third kappa shape index (κ3) is 3.14. The minimum absolute atomic E-state index is 0.462. The molecule has 0 aromatic carbocycles. The Kier molecular flexibility index (Phi) is 4.91. The van der Waals surface area contributed by atoms with Gasteiger partial charge in [-0.25, -0.2) is 0 Å². The molecule has 2 fully saturated rings. The van der Waals surface area contributed by atoms with Crippen LogP contribution in [0.25, 0.3) is 0 Å². The Morgan fingerprint density at radius 3 is 2.58 bits per heavy atom. The van der Waals surface area contributed by atoms with Crippen molar-refractivity contribution in [1.29, 1.82) is 0 Å². The first kappa shape index (κ1) is 15.3. The van der Waals surface area contributed by atoms with Crippen LogP contribution in [0.1, 0.15) is 46.5 Å². The second-order valence-electron chi connectivity index (χ2n) is 7.26. The summed E-state index contributed by atoms with van der Waals surface area (Å²) in [7, 11) is 1.71. The predicted octanol–water partition coefficient (Wildman–Crippen LogP) is 2.84. The summed E-state index contributed by atoms with van der Waals surface area (Å²) in [6.45, 7) is 10.7. The summed E-state index contributed by atoms with van der Waals surface area (Å²) in [5.41, 5.74) is 0.995. The van der Waals surface area contributed by atoms with Crippen LogP contribution in [0.15, 0.2) is 0 Å². The summed E-state index contributed by atoms with van der Waals surface area (Å²) in [4.78, 5) is 0. The van der Waals surface area contributed by atoms with Gasteiger partial charge in [-0.15, -0.1) is 0 Å². The van der Waals surface area contributed by atoms with Crippen LogP contribution in [-0.2, 0) is 9.47 Å². The lowest BCUT2D eigenvalue weighted by atomic mass is 9.68. The van der Waals surface area contributed by atoms with E-state index in [0.29, 0.717) is 30.1 Å². The molecule has 2 saturated carbocycles. The van der Waals surface area contributed by atoms with Gasteiger partial charge >= 0.3 is 0 Å². The molecule has 0 aromatic heterocycles. The Bertz CT molecular complexity index is 288. The number of ether oxygens (including phenoxy) is 2. The molecule has 19 heavy (non-hydrogen) atoms. The van der Waals surface area contributed by atoms with Gasteiger partial charge in [-0.1, -0.05) is 20.8 Å². The van der Waals surface area contributed by atoms with Crippen LogP contribution < -0.4 is 5.32 Å². The Morgan fingerprint density at radius 2 is 1.95 bits per heavy atom. The van der Waals surface area contributed by atoms with Crippen LogP contribution in [0, 0.1) is 16.7 Å². The molecule has 3 unspecified atom stereocenters. The van der Waals surface area contributed by atoms with Gasteiger partial charge in [0.2, 0.25) is 0 Å². The molecule has 0 aromatic rings. The maximum Gasteiger partial charge on any atom is 0.0700 e. The zero-order valence-electron chi connectivity index (χ0n) is 13.1. The maximum atomic E-state index is 5.51. The second-order valence-corrected chi connectivity index (χ2v) is 7.26. The largest absolute Gasteiger partial charge is 0.382 e. The van der Waals surface area contributed by atoms with E-state index in [1.54, 1.807) is 7.11 Å². The zero-order chi connectivity index (χ0) is 13.9. The van der Waals surface area contributed by atoms with Crippen LogP contribution in [0.4, 0.5) is 0 Å². The normalized spacial score (nSPS) is 36.0. The Morgan fingerprint density at radius 1 is 1.16 bits per heavy atom. The van der Waals surface area contributed by atoms with E-state index in [2.05, 4.69) is 26.1 Å². The molecule has 0 heterocycles. The maximum absolute atomic E-state index is 5.51. The molecule has 2 rings (SSSR count). The molecular formula is C16H31NO2. The van der Waals surface area contributed by atoms with Gasteiger partial charge in [0.05, 0.1) is 13.2 Å². The number of methoxy groups -OCH3 is 1. The molecule has 0 spiro atoms. The molecule has 112 valence electrons. The summed E-state index contributed by atoms with van der Waals surface area (Å²) in [5.74, 6) is 0.924. The van der Waals surface area contributed by atoms with E-state index in [1.807, 2.05) is 0 Å². The highest BCUT2D eigenvalue weighted by atomic mass is 16.5. The fourth-order valence-electron chi connectivity index (χ4n) is 4.48. The number of fused-ring (bicyclic) bond motifs is 2. The van der Waals surface area contributed by atoms with E-state index in [1.165, 1.54) is 19.3 Å². The number of nitrogens with one attached hydrogen (secondary N) is 1. The van der Waals surface area contributed by atoms with Crippen LogP contribution in [0.5, 0.6) is 0 Å². The average Bonchev–Trinajstić information content (AvgIpc) is 2.83. The third-order valence-electron chi connectivity index (χ3n) is 5.52. The van der Waals surface area contributed by atoms with Crippen molar-refractivity contribution in [2.45, 2.75) is 52.5 Å². The van der Waals surface area contributed by atoms with Crippen molar-refractivity contribution in [3.05, 3.63) is 0 Å². The van der Waals surface area contributed by atoms with Crippen molar-refractivity contribution in [2.75, 3.05) is 33.5 Å². The molecule has 0 amide bonds. The van der Waals surface area contributed by atoms with Crippen LogP contribution in [0.3, 0.4) is 0 Å². The third-order valence-corrected chi connectivity index (χ3v) is 5.52. The lowest BCUT2D eigenvalue weighted by molar-refractivity contribution is 0.0655. The number of rotatable bonds is 8. The van der Waals surface area contributed by atoms with E-state index in [0.717, 1.165) is 25.5 Å². The number of hydrogen-bond acceptors (Lipinski definition) is 3. The van der Waals surface area contributed by atoms with E-state index in [-0.39, 0.29) is 0 Å². The molecule has 0 radical (unpaired) electrons. The highest BCUT2D eigenvalue weighted by Gasteiger charge is 2.58. The topological polar surface area (TPSA) is 30.5 Å². The highest BCUT2D eigenvalue weighted by Crippen LogP contribution is 2.62. The van der Waals surface area contributed by atoms with Crippen molar-refractivity contribution in [3.8, 4) is 0 Å². The minimum Gasteiger partial charge on any atom is -0.382 e. The van der Waals surface area contributed by atoms with Gasteiger partial charge in [-0.3, -0.25) is 0 Å². The summed E-state index contributed by atoms with van der Waals surface area (Å²) >= 11 is 0. The molecule has 2 aliphatic carbocycles. The lowest BCUT2D eigenvalue weighted by Crippen LogP contribution is -2.50. The predicted molar refractivity (Wildman–Crippen MR) is 78.3 cm³/mol. The second kappa shape index (κ2) is 6.11. The molecule has 0 saturated heterocycles. The first-order valence-corrected chi connectivity index (χ1v) is 7.81. The Labute approximate surface area is 118 Å². The van der Waals surface area contributed by atoms with Crippen LogP contribution in [0.2, 0.25) is 0 Å². The molecule has 0 aliphatic heterocycles. The van der Waals surface area contributed by atoms with Gasteiger partial charge in [-0.2, -0.15) is 0 Å². The molecule has 1 N–H and O–H groups in total. The molecule has 3 heteroatoms. The van der Waals surface area contributed by atoms with Gasteiger partial charge in [0.15, 0.2) is 0 Å². The van der Waals surface area contributed by atoms with Crippen molar-refractivity contribution >= 4 is 0 Å². The molecule has 3 atom stereocenters. The van der Waals surface area contributed by atoms with Crippen molar-refractivity contribution in [3.63, 3.8) is 0 Å². The van der Waals surface area contributed by atoms with Gasteiger partial charge in [0.25, 0.3) is 0 Å². The minimum atomic E-state index is 0.462. The summed E-state index contributed by atoms with van der Waals surface area (Å²) in [6.07, 6.45) is 5.35. The molecule has 2 bridgehead atoms. The van der Waals surface area contributed by atoms with Crippen LogP contribution >= 0.6 is 0 Å². The van der Waals surface area contributed by atoms with E-state index >= 15 is 0 Å². The van der Waals surface area contributed by atoms with E-state index < -0.39 is 0 Å². The Balaban J connectivity index is 1.68. The van der Waals surface area contributed by atoms with Gasteiger partial charge < -0.3 is 14.8 Å².